The van der Waals surface area contributed by atoms with Crippen LogP contribution in [0.1, 0.15) is 12.5 Å². The number of hydrogen-bond donors (Lipinski definition) is 2. The molecule has 0 saturated carbocycles. The Morgan fingerprint density at radius 3 is 2.40 bits per heavy atom. The highest BCUT2D eigenvalue weighted by Crippen LogP contribution is 2.28. The van der Waals surface area contributed by atoms with Crippen LogP contribution in [0.3, 0.4) is 0 Å². The molecule has 0 aliphatic carbocycles. The van der Waals surface area contributed by atoms with E-state index in [0.717, 1.165) is 4.90 Å². The normalized spacial score (nSPS) is 19.7. The van der Waals surface area contributed by atoms with E-state index in [1.165, 1.54) is 0 Å². The lowest BCUT2D eigenvalue weighted by molar-refractivity contribution is -0.133. The van der Waals surface area contributed by atoms with Crippen LogP contribution in [0.25, 0.3) is 0 Å². The number of anilines is 1. The maximum atomic E-state index is 12.7. The van der Waals surface area contributed by atoms with Gasteiger partial charge in [-0.1, -0.05) is 41.9 Å². The summed E-state index contributed by atoms with van der Waals surface area (Å²) in [6.07, 6.45) is 0. The summed E-state index contributed by atoms with van der Waals surface area (Å²) in [7, 11) is 0. The Balaban J connectivity index is 1.72. The van der Waals surface area contributed by atoms with Gasteiger partial charge in [-0.2, -0.15) is 0 Å². The number of nitrogens with one attached hydrogen (secondary N) is 2. The zero-order valence-electron chi connectivity index (χ0n) is 13.5. The van der Waals surface area contributed by atoms with Gasteiger partial charge in [-0.3, -0.25) is 14.5 Å². The summed E-state index contributed by atoms with van der Waals surface area (Å²) in [5, 5.41) is 5.84. The monoisotopic (exact) mass is 357 g/mol. The second-order valence-electron chi connectivity index (χ2n) is 5.87. The molecule has 1 heterocycles. The molecular weight excluding hydrogens is 342 g/mol. The average Bonchev–Trinajstić information content (AvgIpc) is 2.82. The van der Waals surface area contributed by atoms with Crippen molar-refractivity contribution in [1.82, 2.24) is 10.2 Å². The van der Waals surface area contributed by atoms with Crippen LogP contribution in [0.15, 0.2) is 54.6 Å². The molecule has 128 valence electrons. The standard InChI is InChI=1S/C18H16ClN3O3/c1-18(12-5-3-2-4-6-12)16(24)22(17(25)21-18)11-15(23)20-14-9-7-13(19)8-10-14/h2-10H,11H2,1H3,(H,20,23)(H,21,25). The fraction of sp³-hybridized carbons (Fsp3) is 0.167. The first kappa shape index (κ1) is 17.0. The second kappa shape index (κ2) is 6.57. The highest BCUT2D eigenvalue weighted by molar-refractivity contribution is 6.30. The van der Waals surface area contributed by atoms with Crippen LogP contribution in [-0.2, 0) is 15.1 Å². The Kier molecular flexibility index (Phi) is 4.46. The van der Waals surface area contributed by atoms with E-state index in [-0.39, 0.29) is 6.54 Å². The fourth-order valence-corrected chi connectivity index (χ4v) is 2.81. The third kappa shape index (κ3) is 3.34. The lowest BCUT2D eigenvalue weighted by Crippen LogP contribution is -2.42. The van der Waals surface area contributed by atoms with E-state index in [0.29, 0.717) is 16.3 Å². The lowest BCUT2D eigenvalue weighted by Gasteiger charge is -2.22. The quantitative estimate of drug-likeness (QED) is 0.826. The topological polar surface area (TPSA) is 78.5 Å². The van der Waals surface area contributed by atoms with Gasteiger partial charge < -0.3 is 10.6 Å². The Hall–Kier alpha value is -2.86. The molecule has 4 amide bonds. The number of carbonyl (C=O) groups is 3. The summed E-state index contributed by atoms with van der Waals surface area (Å²) < 4.78 is 0. The van der Waals surface area contributed by atoms with Crippen LogP contribution in [-0.4, -0.2) is 29.3 Å². The van der Waals surface area contributed by atoms with E-state index in [4.69, 9.17) is 11.6 Å². The number of halogens is 1. The van der Waals surface area contributed by atoms with E-state index < -0.39 is 23.4 Å². The molecule has 1 aliphatic rings. The third-order valence-electron chi connectivity index (χ3n) is 4.06. The Bertz CT molecular complexity index is 823. The molecule has 0 bridgehead atoms. The van der Waals surface area contributed by atoms with Gasteiger partial charge in [0.1, 0.15) is 12.1 Å². The molecule has 1 unspecified atom stereocenters. The molecule has 0 aromatic heterocycles. The highest BCUT2D eigenvalue weighted by Gasteiger charge is 2.49. The molecule has 2 aromatic rings. The molecule has 7 heteroatoms. The maximum absolute atomic E-state index is 12.7. The summed E-state index contributed by atoms with van der Waals surface area (Å²) >= 11 is 5.80. The first-order valence-corrected chi connectivity index (χ1v) is 8.03. The van der Waals surface area contributed by atoms with Crippen LogP contribution in [0.4, 0.5) is 10.5 Å². The number of hydrogen-bond acceptors (Lipinski definition) is 3. The predicted molar refractivity (Wildman–Crippen MR) is 94.1 cm³/mol. The molecule has 25 heavy (non-hydrogen) atoms. The maximum Gasteiger partial charge on any atom is 0.325 e. The number of benzene rings is 2. The van der Waals surface area contributed by atoms with Crippen LogP contribution >= 0.6 is 11.6 Å². The molecule has 1 atom stereocenters. The predicted octanol–water partition coefficient (Wildman–Crippen LogP) is 2.75. The molecule has 1 saturated heterocycles. The van der Waals surface area contributed by atoms with E-state index in [9.17, 15) is 14.4 Å². The van der Waals surface area contributed by atoms with Crippen molar-refractivity contribution in [2.45, 2.75) is 12.5 Å². The molecule has 3 rings (SSSR count). The van der Waals surface area contributed by atoms with Crippen LogP contribution in [0.2, 0.25) is 5.02 Å². The zero-order valence-corrected chi connectivity index (χ0v) is 14.2. The molecule has 1 aliphatic heterocycles. The average molecular weight is 358 g/mol. The SMILES string of the molecule is CC1(c2ccccc2)NC(=O)N(CC(=O)Nc2ccc(Cl)cc2)C1=O. The number of carbonyl (C=O) groups excluding carboxylic acids is 3. The smallest absolute Gasteiger partial charge is 0.325 e. The van der Waals surface area contributed by atoms with Gasteiger partial charge >= 0.3 is 6.03 Å². The van der Waals surface area contributed by atoms with Crippen LogP contribution < -0.4 is 10.6 Å². The zero-order chi connectivity index (χ0) is 18.0. The molecule has 1 fully saturated rings. The number of nitrogens with zero attached hydrogens (tertiary/aromatic N) is 1. The van der Waals surface area contributed by atoms with E-state index >= 15 is 0 Å². The minimum absolute atomic E-state index is 0.365. The Morgan fingerprint density at radius 2 is 1.76 bits per heavy atom. The summed E-state index contributed by atoms with van der Waals surface area (Å²) in [5.41, 5.74) is 0.0139. The van der Waals surface area contributed by atoms with Crippen molar-refractivity contribution in [3.63, 3.8) is 0 Å². The first-order valence-electron chi connectivity index (χ1n) is 7.65. The van der Waals surface area contributed by atoms with Crippen LogP contribution in [0.5, 0.6) is 0 Å². The van der Waals surface area contributed by atoms with Crippen molar-refractivity contribution in [2.75, 3.05) is 11.9 Å². The van der Waals surface area contributed by atoms with Crippen molar-refractivity contribution in [1.29, 1.82) is 0 Å². The Morgan fingerprint density at radius 1 is 1.12 bits per heavy atom. The van der Waals surface area contributed by atoms with Crippen molar-refractivity contribution in [3.8, 4) is 0 Å². The van der Waals surface area contributed by atoms with Gasteiger partial charge in [-0.05, 0) is 36.8 Å². The number of urea groups is 1. The van der Waals surface area contributed by atoms with Gasteiger partial charge in [-0.15, -0.1) is 0 Å². The van der Waals surface area contributed by atoms with Crippen molar-refractivity contribution in [2.24, 2.45) is 0 Å². The molecule has 0 spiro atoms. The van der Waals surface area contributed by atoms with Gasteiger partial charge in [0.15, 0.2) is 0 Å². The minimum Gasteiger partial charge on any atom is -0.325 e. The molecule has 6 nitrogen and oxygen atoms in total. The summed E-state index contributed by atoms with van der Waals surface area (Å²) in [5.74, 6) is -0.932. The van der Waals surface area contributed by atoms with Crippen molar-refractivity contribution >= 4 is 35.1 Å². The third-order valence-corrected chi connectivity index (χ3v) is 4.31. The van der Waals surface area contributed by atoms with Gasteiger partial charge in [-0.25, -0.2) is 4.79 Å². The summed E-state index contributed by atoms with van der Waals surface area (Å²) in [4.78, 5) is 38.0. The largest absolute Gasteiger partial charge is 0.325 e. The second-order valence-corrected chi connectivity index (χ2v) is 6.30. The van der Waals surface area contributed by atoms with Crippen LogP contribution in [0, 0.1) is 0 Å². The fourth-order valence-electron chi connectivity index (χ4n) is 2.69. The van der Waals surface area contributed by atoms with E-state index in [2.05, 4.69) is 10.6 Å². The first-order chi connectivity index (χ1) is 11.9. The van der Waals surface area contributed by atoms with E-state index in [1.54, 1.807) is 55.5 Å². The summed E-state index contributed by atoms with van der Waals surface area (Å²) in [6, 6.07) is 14.9. The lowest BCUT2D eigenvalue weighted by atomic mass is 9.92. The summed E-state index contributed by atoms with van der Waals surface area (Å²) in [6.45, 7) is 1.26. The molecule has 0 radical (unpaired) electrons. The number of imide groups is 1. The molecular formula is C18H16ClN3O3. The highest BCUT2D eigenvalue weighted by atomic mass is 35.5. The number of amides is 4. The van der Waals surface area contributed by atoms with Crippen molar-refractivity contribution < 1.29 is 14.4 Å². The van der Waals surface area contributed by atoms with E-state index in [1.807, 2.05) is 6.07 Å². The van der Waals surface area contributed by atoms with Gasteiger partial charge in [0, 0.05) is 10.7 Å². The van der Waals surface area contributed by atoms with Crippen molar-refractivity contribution in [3.05, 3.63) is 65.2 Å². The molecule has 2 aromatic carbocycles. The molecule has 2 N–H and O–H groups in total. The van der Waals surface area contributed by atoms with Gasteiger partial charge in [0.2, 0.25) is 5.91 Å². The van der Waals surface area contributed by atoms with Gasteiger partial charge in [0.25, 0.3) is 5.91 Å². The number of rotatable bonds is 4. The Labute approximate surface area is 149 Å². The van der Waals surface area contributed by atoms with Gasteiger partial charge in [0.05, 0.1) is 0 Å². The minimum atomic E-state index is -1.18.